The monoisotopic (exact) mass is 401 g/mol. The Balaban J connectivity index is 1.75. The van der Waals surface area contributed by atoms with Crippen LogP contribution in [0.15, 0.2) is 40.2 Å². The van der Waals surface area contributed by atoms with Gasteiger partial charge in [-0.25, -0.2) is 4.79 Å². The van der Waals surface area contributed by atoms with Gasteiger partial charge in [0, 0.05) is 15.9 Å². The van der Waals surface area contributed by atoms with Crippen LogP contribution in [0.2, 0.25) is 5.02 Å². The van der Waals surface area contributed by atoms with Crippen molar-refractivity contribution in [2.24, 2.45) is 0 Å². The zero-order valence-electron chi connectivity index (χ0n) is 11.5. The number of hydrogen-bond acceptors (Lipinski definition) is 4. The molecular weight excluding hydrogens is 390 g/mol. The third-order valence-electron chi connectivity index (χ3n) is 2.76. The van der Waals surface area contributed by atoms with Crippen LogP contribution >= 0.6 is 38.9 Å². The van der Waals surface area contributed by atoms with Crippen molar-refractivity contribution in [3.8, 4) is 0 Å². The summed E-state index contributed by atoms with van der Waals surface area (Å²) >= 11 is 10.8. The molecule has 1 aromatic heterocycles. The van der Waals surface area contributed by atoms with Crippen molar-refractivity contribution in [3.63, 3.8) is 0 Å². The number of carbonyl (C=O) groups excluding carboxylic acids is 2. The Hall–Kier alpha value is -1.37. The molecule has 0 aliphatic rings. The van der Waals surface area contributed by atoms with E-state index in [9.17, 15) is 9.59 Å². The lowest BCUT2D eigenvalue weighted by atomic mass is 10.2. The van der Waals surface area contributed by atoms with Crippen molar-refractivity contribution in [1.29, 1.82) is 0 Å². The Morgan fingerprint density at radius 1 is 1.32 bits per heavy atom. The topological polar surface area (TPSA) is 55.4 Å². The number of nitrogens with one attached hydrogen (secondary N) is 1. The fourth-order valence-corrected chi connectivity index (χ4v) is 2.96. The highest BCUT2D eigenvalue weighted by Gasteiger charge is 2.14. The van der Waals surface area contributed by atoms with Gasteiger partial charge >= 0.3 is 5.97 Å². The molecule has 0 saturated carbocycles. The van der Waals surface area contributed by atoms with Crippen molar-refractivity contribution < 1.29 is 14.3 Å². The molecule has 22 heavy (non-hydrogen) atoms. The maximum absolute atomic E-state index is 11.9. The van der Waals surface area contributed by atoms with Crippen LogP contribution in [0, 0.1) is 0 Å². The first kappa shape index (κ1) is 17.0. The molecule has 0 aliphatic heterocycles. The lowest BCUT2D eigenvalue weighted by Gasteiger charge is -2.07. The number of thiophene rings is 1. The predicted molar refractivity (Wildman–Crippen MR) is 90.5 cm³/mol. The van der Waals surface area contributed by atoms with E-state index in [-0.39, 0.29) is 23.1 Å². The van der Waals surface area contributed by atoms with E-state index in [1.807, 2.05) is 17.5 Å². The van der Waals surface area contributed by atoms with Crippen LogP contribution in [0.4, 0.5) is 0 Å². The van der Waals surface area contributed by atoms with E-state index >= 15 is 0 Å². The van der Waals surface area contributed by atoms with Crippen LogP contribution in [0.1, 0.15) is 15.2 Å². The lowest BCUT2D eigenvalue weighted by Crippen LogP contribution is -2.30. The minimum atomic E-state index is -0.625. The number of carbonyl (C=O) groups is 2. The summed E-state index contributed by atoms with van der Waals surface area (Å²) in [6, 6.07) is 8.83. The molecule has 7 heteroatoms. The zero-order valence-corrected chi connectivity index (χ0v) is 14.6. The van der Waals surface area contributed by atoms with Crippen LogP contribution in [-0.4, -0.2) is 25.0 Å². The average Bonchev–Trinajstić information content (AvgIpc) is 3.00. The van der Waals surface area contributed by atoms with Gasteiger partial charge in [0.05, 0.1) is 10.6 Å². The van der Waals surface area contributed by atoms with Crippen LogP contribution in [0.3, 0.4) is 0 Å². The molecule has 0 bridgehead atoms. The fraction of sp³-hybridized carbons (Fsp3) is 0.200. The number of amides is 1. The van der Waals surface area contributed by atoms with Gasteiger partial charge in [-0.15, -0.1) is 11.3 Å². The van der Waals surface area contributed by atoms with E-state index in [2.05, 4.69) is 21.2 Å². The summed E-state index contributed by atoms with van der Waals surface area (Å²) in [6.07, 6.45) is 0.759. The van der Waals surface area contributed by atoms with Crippen LogP contribution in [0.5, 0.6) is 0 Å². The maximum atomic E-state index is 11.9. The SMILES string of the molecule is O=C(COC(=O)c1cc(Br)ccc1Cl)NCCc1cccs1. The van der Waals surface area contributed by atoms with Crippen LogP contribution in [-0.2, 0) is 16.0 Å². The second-order valence-electron chi connectivity index (χ2n) is 4.38. The number of benzene rings is 1. The number of esters is 1. The van der Waals surface area contributed by atoms with Gasteiger partial charge in [0.25, 0.3) is 5.91 Å². The molecular formula is C15H13BrClNO3S. The van der Waals surface area contributed by atoms with Crippen molar-refractivity contribution in [2.75, 3.05) is 13.2 Å². The van der Waals surface area contributed by atoms with Crippen molar-refractivity contribution >= 4 is 50.7 Å². The third kappa shape index (κ3) is 5.12. The second kappa shape index (κ2) is 8.31. The molecule has 0 aliphatic carbocycles. The molecule has 1 heterocycles. The van der Waals surface area contributed by atoms with Gasteiger partial charge in [-0.1, -0.05) is 33.6 Å². The first-order valence-electron chi connectivity index (χ1n) is 6.47. The molecule has 1 amide bonds. The largest absolute Gasteiger partial charge is 0.452 e. The summed E-state index contributed by atoms with van der Waals surface area (Å²) < 4.78 is 5.67. The van der Waals surface area contributed by atoms with E-state index in [1.54, 1.807) is 29.5 Å². The summed E-state index contributed by atoms with van der Waals surface area (Å²) in [5.41, 5.74) is 0.224. The van der Waals surface area contributed by atoms with Gasteiger partial charge in [0.15, 0.2) is 6.61 Å². The standard InChI is InChI=1S/C15H13BrClNO3S/c16-10-3-4-13(17)12(8-10)15(20)21-9-14(19)18-6-5-11-2-1-7-22-11/h1-4,7-8H,5-6,9H2,(H,18,19). The van der Waals surface area contributed by atoms with E-state index in [0.29, 0.717) is 11.0 Å². The Bertz CT molecular complexity index is 661. The van der Waals surface area contributed by atoms with Gasteiger partial charge in [-0.05, 0) is 36.1 Å². The van der Waals surface area contributed by atoms with Crippen LogP contribution < -0.4 is 5.32 Å². The highest BCUT2D eigenvalue weighted by molar-refractivity contribution is 9.10. The molecule has 0 saturated heterocycles. The highest BCUT2D eigenvalue weighted by Crippen LogP contribution is 2.21. The number of rotatable bonds is 6. The van der Waals surface area contributed by atoms with Gasteiger partial charge in [0.1, 0.15) is 0 Å². The lowest BCUT2D eigenvalue weighted by molar-refractivity contribution is -0.124. The van der Waals surface area contributed by atoms with E-state index in [1.165, 1.54) is 4.88 Å². The van der Waals surface area contributed by atoms with Gasteiger partial charge in [-0.2, -0.15) is 0 Å². The molecule has 0 fully saturated rings. The Kier molecular flexibility index (Phi) is 6.42. The summed E-state index contributed by atoms with van der Waals surface area (Å²) in [6.45, 7) is 0.181. The van der Waals surface area contributed by atoms with E-state index < -0.39 is 5.97 Å². The molecule has 1 aromatic carbocycles. The number of hydrogen-bond donors (Lipinski definition) is 1. The first-order chi connectivity index (χ1) is 10.6. The molecule has 1 N–H and O–H groups in total. The normalized spacial score (nSPS) is 10.3. The molecule has 0 radical (unpaired) electrons. The van der Waals surface area contributed by atoms with Gasteiger partial charge < -0.3 is 10.1 Å². The molecule has 0 atom stereocenters. The minimum Gasteiger partial charge on any atom is -0.452 e. The second-order valence-corrected chi connectivity index (χ2v) is 6.73. The molecule has 2 rings (SSSR count). The summed E-state index contributed by atoms with van der Waals surface area (Å²) in [5.74, 6) is -0.962. The van der Waals surface area contributed by atoms with Gasteiger partial charge in [-0.3, -0.25) is 4.79 Å². The Labute approximate surface area is 145 Å². The Morgan fingerprint density at radius 3 is 2.86 bits per heavy atom. The van der Waals surface area contributed by atoms with Crippen LogP contribution in [0.25, 0.3) is 0 Å². The fourth-order valence-electron chi connectivity index (χ4n) is 1.69. The quantitative estimate of drug-likeness (QED) is 0.750. The molecule has 2 aromatic rings. The number of halogens is 2. The molecule has 0 spiro atoms. The summed E-state index contributed by atoms with van der Waals surface area (Å²) in [7, 11) is 0. The van der Waals surface area contributed by atoms with Crippen molar-refractivity contribution in [2.45, 2.75) is 6.42 Å². The van der Waals surface area contributed by atoms with Crippen molar-refractivity contribution in [1.82, 2.24) is 5.32 Å². The zero-order chi connectivity index (χ0) is 15.9. The predicted octanol–water partition coefficient (Wildman–Crippen LogP) is 3.68. The first-order valence-corrected chi connectivity index (χ1v) is 8.52. The summed E-state index contributed by atoms with van der Waals surface area (Å²) in [5, 5.41) is 4.97. The molecule has 116 valence electrons. The maximum Gasteiger partial charge on any atom is 0.340 e. The number of ether oxygens (including phenoxy) is 1. The minimum absolute atomic E-state index is 0.224. The third-order valence-corrected chi connectivity index (χ3v) is 4.52. The van der Waals surface area contributed by atoms with Crippen molar-refractivity contribution in [3.05, 3.63) is 55.6 Å². The highest BCUT2D eigenvalue weighted by atomic mass is 79.9. The van der Waals surface area contributed by atoms with E-state index in [0.717, 1.165) is 6.42 Å². The summed E-state index contributed by atoms with van der Waals surface area (Å²) in [4.78, 5) is 24.7. The smallest absolute Gasteiger partial charge is 0.340 e. The molecule has 4 nitrogen and oxygen atoms in total. The molecule has 0 unspecified atom stereocenters. The van der Waals surface area contributed by atoms with Gasteiger partial charge in [0.2, 0.25) is 0 Å². The van der Waals surface area contributed by atoms with E-state index in [4.69, 9.17) is 16.3 Å². The Morgan fingerprint density at radius 2 is 2.14 bits per heavy atom. The average molecular weight is 403 g/mol.